The number of hydrogen-bond donors (Lipinski definition) is 1. The fraction of sp³-hybridized carbons (Fsp3) is 0.0714. The van der Waals surface area contributed by atoms with Crippen LogP contribution in [0.25, 0.3) is 0 Å². The van der Waals surface area contributed by atoms with Crippen molar-refractivity contribution in [2.75, 3.05) is 12.4 Å². The van der Waals surface area contributed by atoms with Crippen LogP contribution in [0.2, 0.25) is 0 Å². The van der Waals surface area contributed by atoms with E-state index in [0.29, 0.717) is 11.4 Å². The molecule has 0 aliphatic rings. The lowest BCUT2D eigenvalue weighted by atomic mass is 10.1. The van der Waals surface area contributed by atoms with E-state index >= 15 is 0 Å². The molecule has 0 aromatic heterocycles. The fourth-order valence-corrected chi connectivity index (χ4v) is 2.25. The SMILES string of the molecule is COc1cc(Br)cc(Nc2ccc([N+](=O)[O-])c(C#N)c2)c1. The second kappa shape index (κ2) is 6.24. The van der Waals surface area contributed by atoms with E-state index in [2.05, 4.69) is 21.2 Å². The number of ether oxygens (including phenoxy) is 1. The number of methoxy groups -OCH3 is 1. The summed E-state index contributed by atoms with van der Waals surface area (Å²) in [5.74, 6) is 0.661. The second-order valence-corrected chi connectivity index (χ2v) is 5.02. The van der Waals surface area contributed by atoms with Gasteiger partial charge in [-0.3, -0.25) is 10.1 Å². The highest BCUT2D eigenvalue weighted by atomic mass is 79.9. The molecule has 7 heteroatoms. The van der Waals surface area contributed by atoms with E-state index in [0.717, 1.165) is 10.2 Å². The lowest BCUT2D eigenvalue weighted by Crippen LogP contribution is -1.96. The number of halogens is 1. The van der Waals surface area contributed by atoms with Gasteiger partial charge in [-0.2, -0.15) is 5.26 Å². The molecule has 0 bridgehead atoms. The zero-order valence-electron chi connectivity index (χ0n) is 11.0. The second-order valence-electron chi connectivity index (χ2n) is 4.11. The smallest absolute Gasteiger partial charge is 0.287 e. The van der Waals surface area contributed by atoms with Gasteiger partial charge in [0, 0.05) is 28.0 Å². The molecule has 0 atom stereocenters. The Morgan fingerprint density at radius 3 is 2.67 bits per heavy atom. The number of nitriles is 1. The number of benzene rings is 2. The van der Waals surface area contributed by atoms with E-state index in [1.807, 2.05) is 18.2 Å². The van der Waals surface area contributed by atoms with Crippen molar-refractivity contribution in [3.8, 4) is 11.8 Å². The summed E-state index contributed by atoms with van der Waals surface area (Å²) in [6.07, 6.45) is 0. The largest absolute Gasteiger partial charge is 0.497 e. The van der Waals surface area contributed by atoms with Gasteiger partial charge in [-0.1, -0.05) is 15.9 Å². The Bertz CT molecular complexity index is 741. The number of rotatable bonds is 4. The first-order chi connectivity index (χ1) is 10.0. The number of nitrogens with zero attached hydrogens (tertiary/aromatic N) is 2. The van der Waals surface area contributed by atoms with Crippen molar-refractivity contribution >= 4 is 33.0 Å². The third kappa shape index (κ3) is 3.49. The van der Waals surface area contributed by atoms with Gasteiger partial charge in [-0.05, 0) is 24.3 Å². The molecule has 21 heavy (non-hydrogen) atoms. The van der Waals surface area contributed by atoms with Gasteiger partial charge in [-0.25, -0.2) is 0 Å². The zero-order chi connectivity index (χ0) is 15.4. The molecule has 0 heterocycles. The Morgan fingerprint density at radius 2 is 2.05 bits per heavy atom. The van der Waals surface area contributed by atoms with Gasteiger partial charge < -0.3 is 10.1 Å². The molecule has 0 fully saturated rings. The van der Waals surface area contributed by atoms with Crippen LogP contribution in [-0.2, 0) is 0 Å². The first kappa shape index (κ1) is 14.8. The van der Waals surface area contributed by atoms with Crippen LogP contribution in [0.5, 0.6) is 5.75 Å². The molecule has 1 N–H and O–H groups in total. The third-order valence-corrected chi connectivity index (χ3v) is 3.17. The summed E-state index contributed by atoms with van der Waals surface area (Å²) in [6.45, 7) is 0. The fourth-order valence-electron chi connectivity index (χ4n) is 1.78. The number of nitro groups is 1. The molecule has 2 aromatic rings. The van der Waals surface area contributed by atoms with Crippen LogP contribution in [0.4, 0.5) is 17.1 Å². The molecule has 0 aliphatic heterocycles. The molecule has 0 unspecified atom stereocenters. The Hall–Kier alpha value is -2.59. The number of nitrogens with one attached hydrogen (secondary N) is 1. The van der Waals surface area contributed by atoms with Crippen LogP contribution >= 0.6 is 15.9 Å². The number of anilines is 2. The molecule has 2 aromatic carbocycles. The van der Waals surface area contributed by atoms with Crippen LogP contribution < -0.4 is 10.1 Å². The summed E-state index contributed by atoms with van der Waals surface area (Å²) in [7, 11) is 1.56. The van der Waals surface area contributed by atoms with Crippen LogP contribution in [-0.4, -0.2) is 12.0 Å². The van der Waals surface area contributed by atoms with Crippen molar-refractivity contribution in [3.63, 3.8) is 0 Å². The summed E-state index contributed by atoms with van der Waals surface area (Å²) >= 11 is 3.36. The van der Waals surface area contributed by atoms with Crippen molar-refractivity contribution in [1.29, 1.82) is 5.26 Å². The highest BCUT2D eigenvalue weighted by Crippen LogP contribution is 2.28. The van der Waals surface area contributed by atoms with E-state index in [-0.39, 0.29) is 11.3 Å². The topological polar surface area (TPSA) is 88.2 Å². The van der Waals surface area contributed by atoms with Crippen molar-refractivity contribution in [1.82, 2.24) is 0 Å². The van der Waals surface area contributed by atoms with E-state index < -0.39 is 4.92 Å². The number of nitro benzene ring substituents is 1. The zero-order valence-corrected chi connectivity index (χ0v) is 12.5. The molecule has 2 rings (SSSR count). The highest BCUT2D eigenvalue weighted by Gasteiger charge is 2.13. The average Bonchev–Trinajstić information content (AvgIpc) is 2.46. The molecular weight excluding hydrogens is 338 g/mol. The van der Waals surface area contributed by atoms with Crippen molar-refractivity contribution in [2.24, 2.45) is 0 Å². The van der Waals surface area contributed by atoms with Gasteiger partial charge in [-0.15, -0.1) is 0 Å². The lowest BCUT2D eigenvalue weighted by Gasteiger charge is -2.09. The van der Waals surface area contributed by atoms with Gasteiger partial charge in [0.05, 0.1) is 12.0 Å². The van der Waals surface area contributed by atoms with Crippen molar-refractivity contribution in [3.05, 3.63) is 56.5 Å². The molecule has 0 radical (unpaired) electrons. The van der Waals surface area contributed by atoms with E-state index in [1.165, 1.54) is 12.1 Å². The summed E-state index contributed by atoms with van der Waals surface area (Å²) in [5.41, 5.74) is 1.11. The Morgan fingerprint density at radius 1 is 1.29 bits per heavy atom. The minimum atomic E-state index is -0.579. The summed E-state index contributed by atoms with van der Waals surface area (Å²) in [5, 5.41) is 22.8. The van der Waals surface area contributed by atoms with Gasteiger partial charge in [0.1, 0.15) is 17.4 Å². The van der Waals surface area contributed by atoms with E-state index in [1.54, 1.807) is 19.2 Å². The third-order valence-electron chi connectivity index (χ3n) is 2.71. The maximum Gasteiger partial charge on any atom is 0.287 e. The molecule has 0 saturated carbocycles. The minimum Gasteiger partial charge on any atom is -0.497 e. The minimum absolute atomic E-state index is 0.00645. The molecular formula is C14H10BrN3O3. The van der Waals surface area contributed by atoms with Crippen molar-refractivity contribution < 1.29 is 9.66 Å². The number of hydrogen-bond acceptors (Lipinski definition) is 5. The molecule has 6 nitrogen and oxygen atoms in total. The molecule has 0 aliphatic carbocycles. The lowest BCUT2D eigenvalue weighted by molar-refractivity contribution is -0.385. The molecule has 0 saturated heterocycles. The highest BCUT2D eigenvalue weighted by molar-refractivity contribution is 9.10. The maximum atomic E-state index is 10.8. The maximum absolute atomic E-state index is 10.8. The van der Waals surface area contributed by atoms with E-state index in [4.69, 9.17) is 10.00 Å². The van der Waals surface area contributed by atoms with Crippen LogP contribution in [0.15, 0.2) is 40.9 Å². The van der Waals surface area contributed by atoms with Crippen LogP contribution in [0.1, 0.15) is 5.56 Å². The van der Waals surface area contributed by atoms with E-state index in [9.17, 15) is 10.1 Å². The summed E-state index contributed by atoms with van der Waals surface area (Å²) in [6, 6.07) is 11.5. The van der Waals surface area contributed by atoms with Gasteiger partial charge >= 0.3 is 0 Å². The summed E-state index contributed by atoms with van der Waals surface area (Å²) in [4.78, 5) is 10.2. The Balaban J connectivity index is 2.34. The monoisotopic (exact) mass is 347 g/mol. The first-order valence-corrected chi connectivity index (χ1v) is 6.63. The van der Waals surface area contributed by atoms with Crippen LogP contribution in [0, 0.1) is 21.4 Å². The quantitative estimate of drug-likeness (QED) is 0.667. The first-order valence-electron chi connectivity index (χ1n) is 5.83. The van der Waals surface area contributed by atoms with Gasteiger partial charge in [0.25, 0.3) is 5.69 Å². The average molecular weight is 348 g/mol. The summed E-state index contributed by atoms with van der Waals surface area (Å²) < 4.78 is 5.98. The van der Waals surface area contributed by atoms with Crippen LogP contribution in [0.3, 0.4) is 0 Å². The predicted molar refractivity (Wildman–Crippen MR) is 81.8 cm³/mol. The predicted octanol–water partition coefficient (Wildman–Crippen LogP) is 3.98. The van der Waals surface area contributed by atoms with Gasteiger partial charge in [0.2, 0.25) is 0 Å². The standard InChI is InChI=1S/C14H10BrN3O3/c1-21-13-6-10(15)5-12(7-13)17-11-2-3-14(18(19)20)9(4-11)8-16/h2-7,17H,1H3. The van der Waals surface area contributed by atoms with Gasteiger partial charge in [0.15, 0.2) is 0 Å². The Labute approximate surface area is 129 Å². The molecule has 0 spiro atoms. The van der Waals surface area contributed by atoms with Crippen molar-refractivity contribution in [2.45, 2.75) is 0 Å². The molecule has 106 valence electrons. The Kier molecular flexibility index (Phi) is 4.40. The molecule has 0 amide bonds. The normalized spacial score (nSPS) is 9.76.